The molecule has 0 radical (unpaired) electrons. The topological polar surface area (TPSA) is 80.7 Å². The molecule has 58 valence electrons. The molecule has 1 rings (SSSR count). The maximum atomic E-state index is 10.6. The summed E-state index contributed by atoms with van der Waals surface area (Å²) in [6, 6.07) is 0. The third kappa shape index (κ3) is 1.000. The summed E-state index contributed by atoms with van der Waals surface area (Å²) in [5.41, 5.74) is -0.725. The molecule has 0 saturated carbocycles. The highest BCUT2D eigenvalue weighted by Crippen LogP contribution is 2.16. The maximum absolute atomic E-state index is 10.6. The van der Waals surface area contributed by atoms with Gasteiger partial charge in [0.2, 0.25) is 0 Å². The Morgan fingerprint density at radius 3 is 2.09 bits per heavy atom. The van der Waals surface area contributed by atoms with Crippen LogP contribution in [0.2, 0.25) is 0 Å². The van der Waals surface area contributed by atoms with Crippen LogP contribution in [0.25, 0.3) is 0 Å². The number of carbonyl (C=O) groups is 3. The number of rotatable bonds is 1. The molecule has 0 aromatic rings. The van der Waals surface area contributed by atoms with Crippen LogP contribution < -0.4 is 0 Å². The zero-order valence-electron chi connectivity index (χ0n) is 5.58. The van der Waals surface area contributed by atoms with Gasteiger partial charge >= 0.3 is 17.9 Å². The highest BCUT2D eigenvalue weighted by atomic mass is 16.6. The second kappa shape index (κ2) is 2.19. The van der Waals surface area contributed by atoms with Gasteiger partial charge in [-0.25, -0.2) is 14.4 Å². The molecular formula is C6H4O5. The van der Waals surface area contributed by atoms with E-state index in [2.05, 4.69) is 4.74 Å². The molecule has 0 atom stereocenters. The lowest BCUT2D eigenvalue weighted by Crippen LogP contribution is -2.09. The molecule has 0 saturated heterocycles. The zero-order valence-corrected chi connectivity index (χ0v) is 5.58. The second-order valence-electron chi connectivity index (χ2n) is 1.98. The number of carbonyl (C=O) groups excluding carboxylic acids is 2. The predicted molar refractivity (Wildman–Crippen MR) is 31.4 cm³/mol. The van der Waals surface area contributed by atoms with Crippen LogP contribution in [0.5, 0.6) is 0 Å². The van der Waals surface area contributed by atoms with Gasteiger partial charge in [0.15, 0.2) is 5.57 Å². The van der Waals surface area contributed by atoms with E-state index in [1.165, 1.54) is 6.92 Å². The lowest BCUT2D eigenvalue weighted by Gasteiger charge is -1.87. The van der Waals surface area contributed by atoms with Crippen LogP contribution in [0.1, 0.15) is 6.92 Å². The summed E-state index contributed by atoms with van der Waals surface area (Å²) in [5.74, 6) is -3.40. The SMILES string of the molecule is CC1=C(C(=O)O)C(=O)OC1=O. The number of aliphatic carboxylic acids is 1. The van der Waals surface area contributed by atoms with Crippen molar-refractivity contribution < 1.29 is 24.2 Å². The van der Waals surface area contributed by atoms with Crippen LogP contribution in [0.4, 0.5) is 0 Å². The van der Waals surface area contributed by atoms with E-state index in [4.69, 9.17) is 5.11 Å². The summed E-state index contributed by atoms with van der Waals surface area (Å²) in [7, 11) is 0. The monoisotopic (exact) mass is 156 g/mol. The normalized spacial score (nSPS) is 17.2. The van der Waals surface area contributed by atoms with Gasteiger partial charge in [0.05, 0.1) is 5.57 Å². The molecule has 1 N–H and O–H groups in total. The molecule has 0 aliphatic carbocycles. The van der Waals surface area contributed by atoms with E-state index < -0.39 is 23.5 Å². The summed E-state index contributed by atoms with van der Waals surface area (Å²) >= 11 is 0. The fourth-order valence-electron chi connectivity index (χ4n) is 0.715. The molecule has 1 heterocycles. The first-order chi connectivity index (χ1) is 5.04. The van der Waals surface area contributed by atoms with Gasteiger partial charge < -0.3 is 9.84 Å². The van der Waals surface area contributed by atoms with Crippen LogP contribution in [0, 0.1) is 0 Å². The van der Waals surface area contributed by atoms with Crippen molar-refractivity contribution in [1.82, 2.24) is 0 Å². The molecule has 0 unspecified atom stereocenters. The Bertz CT molecular complexity index is 285. The Kier molecular flexibility index (Phi) is 1.48. The van der Waals surface area contributed by atoms with Gasteiger partial charge in [-0.1, -0.05) is 0 Å². The van der Waals surface area contributed by atoms with Gasteiger partial charge in [-0.3, -0.25) is 0 Å². The van der Waals surface area contributed by atoms with Crippen LogP contribution >= 0.6 is 0 Å². The van der Waals surface area contributed by atoms with Crippen molar-refractivity contribution in [2.24, 2.45) is 0 Å². The summed E-state index contributed by atoms with van der Waals surface area (Å²) in [6.45, 7) is 1.23. The number of esters is 2. The summed E-state index contributed by atoms with van der Waals surface area (Å²) in [5, 5.41) is 8.36. The molecule has 0 fully saturated rings. The molecule has 5 heteroatoms. The Morgan fingerprint density at radius 2 is 1.91 bits per heavy atom. The van der Waals surface area contributed by atoms with Crippen LogP contribution in [0.3, 0.4) is 0 Å². The quantitative estimate of drug-likeness (QED) is 0.313. The van der Waals surface area contributed by atoms with E-state index in [1.807, 2.05) is 0 Å². The average molecular weight is 156 g/mol. The number of hydrogen-bond donors (Lipinski definition) is 1. The third-order valence-electron chi connectivity index (χ3n) is 1.28. The van der Waals surface area contributed by atoms with Crippen molar-refractivity contribution in [2.45, 2.75) is 6.92 Å². The molecule has 0 spiro atoms. The highest BCUT2D eigenvalue weighted by molar-refractivity contribution is 6.25. The second-order valence-corrected chi connectivity index (χ2v) is 1.98. The van der Waals surface area contributed by atoms with E-state index in [9.17, 15) is 14.4 Å². The number of carboxylic acid groups (broad SMARTS) is 1. The minimum atomic E-state index is -1.43. The molecule has 0 amide bonds. The first kappa shape index (κ1) is 7.46. The molecule has 0 aromatic heterocycles. The summed E-state index contributed by atoms with van der Waals surface area (Å²) in [6.07, 6.45) is 0. The Balaban J connectivity index is 3.17. The molecule has 1 aliphatic rings. The molecule has 1 aliphatic heterocycles. The largest absolute Gasteiger partial charge is 0.477 e. The van der Waals surface area contributed by atoms with Crippen molar-refractivity contribution in [1.29, 1.82) is 0 Å². The molecule has 0 aromatic carbocycles. The van der Waals surface area contributed by atoms with E-state index in [-0.39, 0.29) is 5.57 Å². The summed E-state index contributed by atoms with van der Waals surface area (Å²) < 4.78 is 4.01. The smallest absolute Gasteiger partial charge is 0.354 e. The number of ether oxygens (including phenoxy) is 1. The molecule has 11 heavy (non-hydrogen) atoms. The Morgan fingerprint density at radius 1 is 1.36 bits per heavy atom. The first-order valence-corrected chi connectivity index (χ1v) is 2.74. The van der Waals surface area contributed by atoms with E-state index >= 15 is 0 Å². The van der Waals surface area contributed by atoms with Crippen LogP contribution in [0.15, 0.2) is 11.1 Å². The van der Waals surface area contributed by atoms with Crippen molar-refractivity contribution in [3.8, 4) is 0 Å². The van der Waals surface area contributed by atoms with Crippen molar-refractivity contribution in [2.75, 3.05) is 0 Å². The maximum Gasteiger partial charge on any atom is 0.354 e. The Labute approximate surface area is 61.3 Å². The number of carboxylic acids is 1. The average Bonchev–Trinajstić information content (AvgIpc) is 2.07. The van der Waals surface area contributed by atoms with Crippen molar-refractivity contribution in [3.63, 3.8) is 0 Å². The Hall–Kier alpha value is -1.65. The lowest BCUT2D eigenvalue weighted by molar-refractivity contribution is -0.151. The van der Waals surface area contributed by atoms with Gasteiger partial charge in [-0.2, -0.15) is 0 Å². The van der Waals surface area contributed by atoms with Crippen molar-refractivity contribution >= 4 is 17.9 Å². The minimum Gasteiger partial charge on any atom is -0.477 e. The fraction of sp³-hybridized carbons (Fsp3) is 0.167. The van der Waals surface area contributed by atoms with E-state index in [0.29, 0.717) is 0 Å². The van der Waals surface area contributed by atoms with E-state index in [0.717, 1.165) is 0 Å². The minimum absolute atomic E-state index is 0.150. The third-order valence-corrected chi connectivity index (χ3v) is 1.28. The van der Waals surface area contributed by atoms with Gasteiger partial charge in [-0.05, 0) is 6.92 Å². The zero-order chi connectivity index (χ0) is 8.59. The summed E-state index contributed by atoms with van der Waals surface area (Å²) in [4.78, 5) is 31.3. The molecular weight excluding hydrogens is 152 g/mol. The number of hydrogen-bond acceptors (Lipinski definition) is 4. The van der Waals surface area contributed by atoms with Gasteiger partial charge in [0, 0.05) is 0 Å². The predicted octanol–water partition coefficient (Wildman–Crippen LogP) is -0.529. The van der Waals surface area contributed by atoms with Gasteiger partial charge in [0.25, 0.3) is 0 Å². The molecule has 0 bridgehead atoms. The van der Waals surface area contributed by atoms with Crippen LogP contribution in [-0.4, -0.2) is 23.0 Å². The fourth-order valence-corrected chi connectivity index (χ4v) is 0.715. The first-order valence-electron chi connectivity index (χ1n) is 2.74. The lowest BCUT2D eigenvalue weighted by atomic mass is 10.2. The standard InChI is InChI=1S/C6H4O5/c1-2-3(4(7)8)6(10)11-5(2)9/h1H3,(H,7,8). The molecule has 5 nitrogen and oxygen atoms in total. The van der Waals surface area contributed by atoms with Crippen LogP contribution in [-0.2, 0) is 19.1 Å². The van der Waals surface area contributed by atoms with E-state index in [1.54, 1.807) is 0 Å². The number of cyclic esters (lactones) is 2. The van der Waals surface area contributed by atoms with Crippen molar-refractivity contribution in [3.05, 3.63) is 11.1 Å². The van der Waals surface area contributed by atoms with Gasteiger partial charge in [-0.15, -0.1) is 0 Å². The highest BCUT2D eigenvalue weighted by Gasteiger charge is 2.34. The van der Waals surface area contributed by atoms with Gasteiger partial charge in [0.1, 0.15) is 0 Å².